The molecule has 0 aliphatic heterocycles. The number of hydrogen-bond acceptors (Lipinski definition) is 6. The molecule has 0 bridgehead atoms. The van der Waals surface area contributed by atoms with Crippen molar-refractivity contribution in [1.82, 2.24) is 16.0 Å². The highest BCUT2D eigenvalue weighted by Gasteiger charge is 2.27. The van der Waals surface area contributed by atoms with Crippen molar-refractivity contribution < 1.29 is 22.8 Å². The largest absolute Gasteiger partial charge is 0.348 e. The summed E-state index contributed by atoms with van der Waals surface area (Å²) >= 11 is 1.59. The molecule has 1 rings (SSSR count). The maximum atomic E-state index is 13.4. The van der Waals surface area contributed by atoms with E-state index < -0.39 is 33.9 Å². The fourth-order valence-corrected chi connectivity index (χ4v) is 5.27. The second-order valence-corrected chi connectivity index (χ2v) is 13.2. The van der Waals surface area contributed by atoms with Crippen molar-refractivity contribution in [1.29, 1.82) is 0 Å². The van der Waals surface area contributed by atoms with Gasteiger partial charge in [0.25, 0.3) is 0 Å². The first kappa shape index (κ1) is 33.7. The van der Waals surface area contributed by atoms with E-state index in [1.807, 2.05) is 34.0 Å². The van der Waals surface area contributed by atoms with Gasteiger partial charge in [-0.1, -0.05) is 52.0 Å². The highest BCUT2D eigenvalue weighted by molar-refractivity contribution is 7.98. The second kappa shape index (κ2) is 17.3. The van der Waals surface area contributed by atoms with Gasteiger partial charge >= 0.3 is 0 Å². The Morgan fingerprint density at radius 2 is 1.34 bits per heavy atom. The number of rotatable bonds is 17. The van der Waals surface area contributed by atoms with Gasteiger partial charge in [-0.15, -0.1) is 0 Å². The molecular weight excluding hydrogens is 522 g/mol. The summed E-state index contributed by atoms with van der Waals surface area (Å²) in [5.74, 6) is 0.306. The smallest absolute Gasteiger partial charge is 0.243 e. The van der Waals surface area contributed by atoms with Crippen molar-refractivity contribution in [2.45, 2.75) is 89.7 Å². The first-order valence-corrected chi connectivity index (χ1v) is 16.1. The highest BCUT2D eigenvalue weighted by Crippen LogP contribution is 2.14. The standard InChI is InChI=1S/C28H45N3O5S2/c1-20(2)12-14-25(29-22(5)32)28(34)31-26(15-13-21(3)4)27(33)30-23(16-18-37-6)17-19-38(35,36)24-10-8-7-9-11-24/h7-11,17,19-21,23,25-26H,12-16,18H2,1-6H3,(H,29,32)(H,30,33)(H,31,34)/b19-17+/t23-,25-,26-/m0/s1. The summed E-state index contributed by atoms with van der Waals surface area (Å²) in [5.41, 5.74) is 0. The number of sulfone groups is 1. The summed E-state index contributed by atoms with van der Waals surface area (Å²) in [5, 5.41) is 9.61. The molecule has 214 valence electrons. The van der Waals surface area contributed by atoms with Crippen LogP contribution in [0.1, 0.15) is 66.7 Å². The molecule has 3 amide bonds. The minimum atomic E-state index is -3.66. The Balaban J connectivity index is 3.08. The van der Waals surface area contributed by atoms with Crippen molar-refractivity contribution >= 4 is 39.3 Å². The molecule has 3 atom stereocenters. The minimum Gasteiger partial charge on any atom is -0.348 e. The molecule has 0 unspecified atom stereocenters. The summed E-state index contributed by atoms with van der Waals surface area (Å²) in [4.78, 5) is 38.4. The quantitative estimate of drug-likeness (QED) is 0.261. The van der Waals surface area contributed by atoms with Crippen LogP contribution in [0.5, 0.6) is 0 Å². The number of hydrogen-bond donors (Lipinski definition) is 3. The van der Waals surface area contributed by atoms with Crippen molar-refractivity contribution in [2.24, 2.45) is 11.8 Å². The van der Waals surface area contributed by atoms with E-state index in [2.05, 4.69) is 16.0 Å². The van der Waals surface area contributed by atoms with E-state index in [9.17, 15) is 22.8 Å². The zero-order valence-electron chi connectivity index (χ0n) is 23.5. The van der Waals surface area contributed by atoms with Gasteiger partial charge in [0.1, 0.15) is 12.1 Å². The maximum absolute atomic E-state index is 13.4. The van der Waals surface area contributed by atoms with Crippen molar-refractivity contribution in [3.63, 3.8) is 0 Å². The predicted molar refractivity (Wildman–Crippen MR) is 155 cm³/mol. The molecule has 0 saturated carbocycles. The van der Waals surface area contributed by atoms with Gasteiger partial charge in [0.2, 0.25) is 17.7 Å². The number of carbonyl (C=O) groups is 3. The maximum Gasteiger partial charge on any atom is 0.243 e. The van der Waals surface area contributed by atoms with Gasteiger partial charge in [-0.05, 0) is 68.1 Å². The van der Waals surface area contributed by atoms with E-state index in [-0.39, 0.29) is 16.7 Å². The lowest BCUT2D eigenvalue weighted by Crippen LogP contribution is -2.54. The fraction of sp³-hybridized carbons (Fsp3) is 0.607. The normalized spacial score (nSPS) is 14.3. The molecule has 0 heterocycles. The molecule has 8 nitrogen and oxygen atoms in total. The van der Waals surface area contributed by atoms with Crippen LogP contribution in [0.25, 0.3) is 0 Å². The summed E-state index contributed by atoms with van der Waals surface area (Å²) in [6.07, 6.45) is 6.32. The zero-order valence-corrected chi connectivity index (χ0v) is 25.2. The third-order valence-electron chi connectivity index (χ3n) is 5.91. The molecule has 0 saturated heterocycles. The monoisotopic (exact) mass is 567 g/mol. The molecule has 0 aliphatic carbocycles. The lowest BCUT2D eigenvalue weighted by molar-refractivity contribution is -0.132. The number of thioether (sulfide) groups is 1. The molecule has 0 radical (unpaired) electrons. The van der Waals surface area contributed by atoms with Crippen molar-refractivity contribution in [3.8, 4) is 0 Å². The molecule has 10 heteroatoms. The van der Waals surface area contributed by atoms with E-state index in [1.54, 1.807) is 30.0 Å². The SMILES string of the molecule is CSCC[C@@H](/C=C/S(=O)(=O)c1ccccc1)NC(=O)[C@H](CCC(C)C)NC(=O)[C@H](CCC(C)C)NC(C)=O. The molecule has 38 heavy (non-hydrogen) atoms. The van der Waals surface area contributed by atoms with Crippen LogP contribution in [-0.2, 0) is 24.2 Å². The number of nitrogens with one attached hydrogen (secondary N) is 3. The molecule has 3 N–H and O–H groups in total. The first-order valence-electron chi connectivity index (χ1n) is 13.2. The van der Waals surface area contributed by atoms with Crippen LogP contribution in [0.4, 0.5) is 0 Å². The van der Waals surface area contributed by atoms with Crippen LogP contribution in [0.15, 0.2) is 46.7 Å². The van der Waals surface area contributed by atoms with Gasteiger partial charge in [-0.2, -0.15) is 11.8 Å². The molecule has 0 aromatic heterocycles. The van der Waals surface area contributed by atoms with Gasteiger partial charge < -0.3 is 16.0 Å². The van der Waals surface area contributed by atoms with Gasteiger partial charge in [0.05, 0.1) is 4.90 Å². The topological polar surface area (TPSA) is 121 Å². The van der Waals surface area contributed by atoms with Crippen LogP contribution < -0.4 is 16.0 Å². The van der Waals surface area contributed by atoms with E-state index in [0.717, 1.165) is 11.8 Å². The Morgan fingerprint density at radius 1 is 0.816 bits per heavy atom. The van der Waals surface area contributed by atoms with Crippen LogP contribution >= 0.6 is 11.8 Å². The van der Waals surface area contributed by atoms with Gasteiger partial charge in [0.15, 0.2) is 9.84 Å². The van der Waals surface area contributed by atoms with Crippen molar-refractivity contribution in [2.75, 3.05) is 12.0 Å². The summed E-state index contributed by atoms with van der Waals surface area (Å²) in [7, 11) is -3.66. The predicted octanol–water partition coefficient (Wildman–Crippen LogP) is 4.07. The van der Waals surface area contributed by atoms with Crippen LogP contribution in [0.3, 0.4) is 0 Å². The number of amides is 3. The summed E-state index contributed by atoms with van der Waals surface area (Å²) in [6, 6.07) is 6.04. The van der Waals surface area contributed by atoms with Crippen molar-refractivity contribution in [3.05, 3.63) is 41.8 Å². The molecule has 0 spiro atoms. The minimum absolute atomic E-state index is 0.179. The van der Waals surface area contributed by atoms with Gasteiger partial charge in [-0.3, -0.25) is 14.4 Å². The van der Waals surface area contributed by atoms with Gasteiger partial charge in [-0.25, -0.2) is 8.42 Å². The van der Waals surface area contributed by atoms with E-state index in [4.69, 9.17) is 0 Å². The number of benzene rings is 1. The zero-order chi connectivity index (χ0) is 28.7. The van der Waals surface area contributed by atoms with Gasteiger partial charge in [0, 0.05) is 18.4 Å². The summed E-state index contributed by atoms with van der Waals surface area (Å²) in [6.45, 7) is 9.53. The molecule has 0 fully saturated rings. The Kier molecular flexibility index (Phi) is 15.3. The van der Waals surface area contributed by atoms with Crippen LogP contribution in [0, 0.1) is 11.8 Å². The molecule has 1 aromatic rings. The lowest BCUT2D eigenvalue weighted by atomic mass is 10.00. The molecule has 1 aromatic carbocycles. The van der Waals surface area contributed by atoms with E-state index >= 15 is 0 Å². The van der Waals surface area contributed by atoms with Crippen LogP contribution in [-0.4, -0.2) is 56.3 Å². The third-order valence-corrected chi connectivity index (χ3v) is 8.00. The lowest BCUT2D eigenvalue weighted by Gasteiger charge is -2.25. The third kappa shape index (κ3) is 13.5. The average molecular weight is 568 g/mol. The number of carbonyl (C=O) groups excluding carboxylic acids is 3. The first-order chi connectivity index (χ1) is 17.9. The Morgan fingerprint density at radius 3 is 1.84 bits per heavy atom. The second-order valence-electron chi connectivity index (χ2n) is 10.3. The Bertz CT molecular complexity index is 1010. The molecule has 0 aliphatic rings. The average Bonchev–Trinajstić information content (AvgIpc) is 2.85. The Labute approximate surface area is 233 Å². The molecular formula is C28H45N3O5S2. The van der Waals surface area contributed by atoms with E-state index in [0.29, 0.717) is 43.3 Å². The van der Waals surface area contributed by atoms with E-state index in [1.165, 1.54) is 25.1 Å². The summed E-state index contributed by atoms with van der Waals surface area (Å²) < 4.78 is 25.5. The fourth-order valence-electron chi connectivity index (χ4n) is 3.69. The Hall–Kier alpha value is -2.33. The van der Waals surface area contributed by atoms with Crippen LogP contribution in [0.2, 0.25) is 0 Å². The highest BCUT2D eigenvalue weighted by atomic mass is 32.2.